The number of nitrogens with two attached hydrogens (primary N) is 1. The van der Waals surface area contributed by atoms with Crippen molar-refractivity contribution in [2.75, 3.05) is 6.54 Å². The summed E-state index contributed by atoms with van der Waals surface area (Å²) in [5.74, 6) is 0.110. The second-order valence-corrected chi connectivity index (χ2v) is 5.27. The Labute approximate surface area is 117 Å². The Bertz CT molecular complexity index is 750. The number of nitrogens with zero attached hydrogens (tertiary/aromatic N) is 1. The molecule has 4 rings (SSSR count). The summed E-state index contributed by atoms with van der Waals surface area (Å²) >= 11 is 0. The zero-order valence-corrected chi connectivity index (χ0v) is 11.3. The molecular weight excluding hydrogens is 248 g/mol. The van der Waals surface area contributed by atoms with Gasteiger partial charge in [0.15, 0.2) is 11.5 Å². The second kappa shape index (κ2) is 4.05. The molecule has 3 aliphatic rings. The Kier molecular flexibility index (Phi) is 2.32. The van der Waals surface area contributed by atoms with Gasteiger partial charge in [0.2, 0.25) is 0 Å². The average Bonchev–Trinajstić information content (AvgIpc) is 2.85. The number of hydrogen-bond donors (Lipinski definition) is 1. The third kappa shape index (κ3) is 1.53. The minimum atomic E-state index is 0.110. The van der Waals surface area contributed by atoms with Crippen molar-refractivity contribution < 1.29 is 10.1 Å². The number of Topliss-reactive ketones (excluding diaryl/α,β-unsaturated/α-hetero) is 1. The number of carbonyl (C=O) groups excluding carboxylic acids is 1. The predicted molar refractivity (Wildman–Crippen MR) is 77.6 cm³/mol. The van der Waals surface area contributed by atoms with Crippen molar-refractivity contribution in [2.24, 2.45) is 0 Å². The first kappa shape index (κ1) is 11.4. The molecule has 0 aliphatic carbocycles. The maximum atomic E-state index is 11.5. The predicted octanol–water partition coefficient (Wildman–Crippen LogP) is 1.85. The van der Waals surface area contributed by atoms with Crippen LogP contribution in [0.2, 0.25) is 0 Å². The summed E-state index contributed by atoms with van der Waals surface area (Å²) in [5.41, 5.74) is 7.11. The van der Waals surface area contributed by atoms with E-state index in [2.05, 4.69) is 46.6 Å². The van der Waals surface area contributed by atoms with Gasteiger partial charge in [0.25, 0.3) is 0 Å². The van der Waals surface area contributed by atoms with Gasteiger partial charge in [0.1, 0.15) is 11.4 Å². The number of para-hydroxylation sites is 1. The van der Waals surface area contributed by atoms with E-state index in [9.17, 15) is 4.79 Å². The van der Waals surface area contributed by atoms with E-state index < -0.39 is 0 Å². The van der Waals surface area contributed by atoms with Gasteiger partial charge in [-0.2, -0.15) is 0 Å². The highest BCUT2D eigenvalue weighted by atomic mass is 16.1. The van der Waals surface area contributed by atoms with Crippen LogP contribution in [0, 0.1) is 0 Å². The van der Waals surface area contributed by atoms with Gasteiger partial charge < -0.3 is 4.90 Å². The molecule has 0 amide bonds. The first-order chi connectivity index (χ1) is 9.74. The number of carbonyl (C=O) groups is 1. The van der Waals surface area contributed by atoms with Crippen LogP contribution in [0.15, 0.2) is 65.7 Å². The Hall–Kier alpha value is -2.39. The summed E-state index contributed by atoms with van der Waals surface area (Å²) < 4.78 is 0. The van der Waals surface area contributed by atoms with Crippen LogP contribution in [0.3, 0.4) is 0 Å². The molecule has 0 atom stereocenters. The zero-order valence-electron chi connectivity index (χ0n) is 11.3. The van der Waals surface area contributed by atoms with Crippen LogP contribution >= 0.6 is 0 Å². The van der Waals surface area contributed by atoms with Crippen molar-refractivity contribution in [3.05, 3.63) is 71.2 Å². The zero-order chi connectivity index (χ0) is 13.7. The number of fused-ring (bicyclic) bond motifs is 4. The van der Waals surface area contributed by atoms with Gasteiger partial charge in [0.05, 0.1) is 0 Å². The van der Waals surface area contributed by atoms with Crippen molar-refractivity contribution in [2.45, 2.75) is 6.92 Å². The summed E-state index contributed by atoms with van der Waals surface area (Å²) in [6.07, 6.45) is 8.17. The highest BCUT2D eigenvalue weighted by molar-refractivity contribution is 5.96. The molecule has 0 fully saturated rings. The third-order valence-electron chi connectivity index (χ3n) is 4.04. The standard InChI is InChI=1S/C17H14N2O/c1-11(20)12-6-7-16-17-14(8-9-19(16)10-12)13-4-2-3-5-15(13)18-17/h2-8,10,18H,9H2,1H3/p+1. The monoisotopic (exact) mass is 263 g/mol. The molecule has 0 aromatic heterocycles. The first-order valence-corrected chi connectivity index (χ1v) is 6.80. The van der Waals surface area contributed by atoms with Crippen LogP contribution in [-0.2, 0) is 4.79 Å². The van der Waals surface area contributed by atoms with Crippen LogP contribution < -0.4 is 5.32 Å². The number of ketones is 1. The quantitative estimate of drug-likeness (QED) is 0.785. The minimum absolute atomic E-state index is 0.110. The molecular formula is C17H15N2O+. The van der Waals surface area contributed by atoms with Crippen LogP contribution in [0.1, 0.15) is 12.5 Å². The lowest BCUT2D eigenvalue weighted by atomic mass is 9.99. The Morgan fingerprint density at radius 2 is 2.10 bits per heavy atom. The lowest BCUT2D eigenvalue weighted by molar-refractivity contribution is -0.506. The first-order valence-electron chi connectivity index (χ1n) is 6.80. The second-order valence-electron chi connectivity index (χ2n) is 5.27. The number of allylic oxidation sites excluding steroid dienone is 4. The van der Waals surface area contributed by atoms with E-state index in [1.165, 1.54) is 28.2 Å². The van der Waals surface area contributed by atoms with Gasteiger partial charge in [-0.05, 0) is 25.1 Å². The smallest absolute Gasteiger partial charge is 0.166 e. The Morgan fingerprint density at radius 3 is 2.95 bits per heavy atom. The van der Waals surface area contributed by atoms with E-state index in [4.69, 9.17) is 0 Å². The number of quaternary nitrogens is 1. The molecule has 0 saturated carbocycles. The highest BCUT2D eigenvalue weighted by Gasteiger charge is 2.33. The highest BCUT2D eigenvalue weighted by Crippen LogP contribution is 2.36. The number of rotatable bonds is 1. The molecule has 3 nitrogen and oxygen atoms in total. The SMILES string of the molecule is CC(=O)C1=CN2CC=C3C(=C2C=C1)[NH2+]c1ccccc13. The lowest BCUT2D eigenvalue weighted by Crippen LogP contribution is -2.74. The maximum absolute atomic E-state index is 11.5. The van der Waals surface area contributed by atoms with Crippen LogP contribution in [0.25, 0.3) is 5.57 Å². The fourth-order valence-corrected chi connectivity index (χ4v) is 3.02. The number of benzene rings is 1. The molecule has 0 saturated heterocycles. The summed E-state index contributed by atoms with van der Waals surface area (Å²) in [6.45, 7) is 2.43. The normalized spacial score (nSPS) is 19.1. The minimum Gasteiger partial charge on any atom is -0.339 e. The van der Waals surface area contributed by atoms with Crippen LogP contribution in [-0.4, -0.2) is 17.2 Å². The Morgan fingerprint density at radius 1 is 1.25 bits per heavy atom. The summed E-state index contributed by atoms with van der Waals surface area (Å²) in [4.78, 5) is 13.6. The maximum Gasteiger partial charge on any atom is 0.166 e. The molecule has 3 heterocycles. The fraction of sp³-hybridized carbons (Fsp3) is 0.118. The average molecular weight is 263 g/mol. The number of hydrogen-bond acceptors (Lipinski definition) is 2. The molecule has 3 aliphatic heterocycles. The van der Waals surface area contributed by atoms with Crippen LogP contribution in [0.5, 0.6) is 0 Å². The van der Waals surface area contributed by atoms with Gasteiger partial charge in [-0.15, -0.1) is 0 Å². The molecule has 1 aromatic carbocycles. The Balaban J connectivity index is 1.81. The lowest BCUT2D eigenvalue weighted by Gasteiger charge is -2.27. The molecule has 20 heavy (non-hydrogen) atoms. The van der Waals surface area contributed by atoms with Crippen molar-refractivity contribution in [3.8, 4) is 0 Å². The molecule has 1 aromatic rings. The van der Waals surface area contributed by atoms with Gasteiger partial charge in [-0.25, -0.2) is 0 Å². The summed E-state index contributed by atoms with van der Waals surface area (Å²) in [6, 6.07) is 8.47. The molecule has 0 unspecified atom stereocenters. The van der Waals surface area contributed by atoms with Crippen molar-refractivity contribution >= 4 is 17.0 Å². The van der Waals surface area contributed by atoms with E-state index in [1.54, 1.807) is 6.92 Å². The van der Waals surface area contributed by atoms with Crippen molar-refractivity contribution in [1.29, 1.82) is 0 Å². The summed E-state index contributed by atoms with van der Waals surface area (Å²) in [7, 11) is 0. The molecule has 3 heteroatoms. The van der Waals surface area contributed by atoms with Gasteiger partial charge in [-0.3, -0.25) is 10.1 Å². The largest absolute Gasteiger partial charge is 0.339 e. The fourth-order valence-electron chi connectivity index (χ4n) is 3.02. The van der Waals surface area contributed by atoms with Gasteiger partial charge in [0, 0.05) is 35.5 Å². The van der Waals surface area contributed by atoms with Gasteiger partial charge >= 0.3 is 0 Å². The molecule has 0 bridgehead atoms. The molecule has 98 valence electrons. The van der Waals surface area contributed by atoms with Crippen LogP contribution in [0.4, 0.5) is 5.69 Å². The van der Waals surface area contributed by atoms with E-state index in [0.29, 0.717) is 0 Å². The van der Waals surface area contributed by atoms with Gasteiger partial charge in [-0.1, -0.05) is 18.2 Å². The van der Waals surface area contributed by atoms with E-state index >= 15 is 0 Å². The van der Waals surface area contributed by atoms with Crippen molar-refractivity contribution in [3.63, 3.8) is 0 Å². The van der Waals surface area contributed by atoms with E-state index in [-0.39, 0.29) is 5.78 Å². The van der Waals surface area contributed by atoms with E-state index in [0.717, 1.165) is 12.1 Å². The van der Waals surface area contributed by atoms with Crippen molar-refractivity contribution in [1.82, 2.24) is 4.90 Å². The molecule has 2 N–H and O–H groups in total. The third-order valence-corrected chi connectivity index (χ3v) is 4.04. The van der Waals surface area contributed by atoms with E-state index in [1.807, 2.05) is 12.3 Å². The molecule has 0 radical (unpaired) electrons. The topological polar surface area (TPSA) is 36.9 Å². The molecule has 0 spiro atoms. The summed E-state index contributed by atoms with van der Waals surface area (Å²) in [5, 5.41) is 2.24.